The Labute approximate surface area is 92.0 Å². The summed E-state index contributed by atoms with van der Waals surface area (Å²) in [6.45, 7) is 5.75. The molecule has 1 fully saturated rings. The van der Waals surface area contributed by atoms with E-state index in [0.29, 0.717) is 0 Å². The van der Waals surface area contributed by atoms with E-state index in [4.69, 9.17) is 0 Å². The van der Waals surface area contributed by atoms with Crippen molar-refractivity contribution >= 4 is 0 Å². The molecule has 0 atom stereocenters. The van der Waals surface area contributed by atoms with Crippen molar-refractivity contribution < 1.29 is 6.53 Å². The van der Waals surface area contributed by atoms with Crippen LogP contribution < -0.4 is 5.32 Å². The highest BCUT2D eigenvalue weighted by molar-refractivity contribution is 5.24. The van der Waals surface area contributed by atoms with E-state index in [2.05, 4.69) is 10.3 Å². The highest BCUT2D eigenvalue weighted by Crippen LogP contribution is 2.29. The van der Waals surface area contributed by atoms with Gasteiger partial charge in [-0.25, -0.2) is 0 Å². The van der Waals surface area contributed by atoms with Gasteiger partial charge in [0, 0.05) is 7.12 Å². The fourth-order valence-corrected chi connectivity index (χ4v) is 2.18. The number of hydrogen-bond donors (Lipinski definition) is 2. The van der Waals surface area contributed by atoms with Crippen molar-refractivity contribution in [1.82, 2.24) is 10.3 Å². The third-order valence-electron chi connectivity index (χ3n) is 3.01. The number of nitrogens with one attached hydrogen (secondary N) is 1. The lowest BCUT2D eigenvalue weighted by atomic mass is 9.88. The third kappa shape index (κ3) is 2.19. The smallest absolute Gasteiger partial charge is 0.109 e. The fourth-order valence-electron chi connectivity index (χ4n) is 2.18. The van der Waals surface area contributed by atoms with Crippen LogP contribution in [0.3, 0.4) is 0 Å². The van der Waals surface area contributed by atoms with Gasteiger partial charge in [0.05, 0.1) is 5.69 Å². The number of rotatable bonds is 1. The molecule has 3 heteroatoms. The zero-order valence-corrected chi connectivity index (χ0v) is 9.38. The van der Waals surface area contributed by atoms with Crippen LogP contribution in [0, 0.1) is 13.8 Å². The van der Waals surface area contributed by atoms with Crippen molar-refractivity contribution in [2.75, 3.05) is 13.1 Å². The Kier molecular flexibility index (Phi) is 2.76. The zero-order chi connectivity index (χ0) is 10.9. The van der Waals surface area contributed by atoms with Crippen molar-refractivity contribution in [3.8, 4) is 0 Å². The lowest BCUT2D eigenvalue weighted by molar-refractivity contribution is 0.00170. The van der Waals surface area contributed by atoms with Crippen LogP contribution in [0.1, 0.15) is 31.2 Å². The van der Waals surface area contributed by atoms with E-state index < -0.39 is 5.60 Å². The molecule has 0 spiro atoms. The molecular weight excluding hydrogens is 188 g/mol. The minimum absolute atomic E-state index is 0. The maximum absolute atomic E-state index is 10.5. The van der Waals surface area contributed by atoms with Gasteiger partial charge in [-0.15, -0.1) is 0 Å². The van der Waals surface area contributed by atoms with Crippen LogP contribution in [-0.4, -0.2) is 23.2 Å². The van der Waals surface area contributed by atoms with Gasteiger partial charge < -0.3 is 10.4 Å². The standard InChI is InChI=1S/C12H18N2O.H2/c1-9-7-10(2)14-11(8-9)12(15)3-5-13-6-4-12;/h7-8,13,15H,3-6H2,1-2H3;1H. The Morgan fingerprint density at radius 2 is 2.00 bits per heavy atom. The van der Waals surface area contributed by atoms with Crippen molar-refractivity contribution in [2.45, 2.75) is 32.3 Å². The lowest BCUT2D eigenvalue weighted by Crippen LogP contribution is -2.40. The van der Waals surface area contributed by atoms with Crippen LogP contribution in [0.15, 0.2) is 12.1 Å². The molecule has 15 heavy (non-hydrogen) atoms. The van der Waals surface area contributed by atoms with E-state index in [1.165, 1.54) is 5.56 Å². The molecule has 0 aliphatic carbocycles. The second-order valence-corrected chi connectivity index (χ2v) is 4.45. The van der Waals surface area contributed by atoms with E-state index in [-0.39, 0.29) is 1.43 Å². The summed E-state index contributed by atoms with van der Waals surface area (Å²) in [6, 6.07) is 4.03. The first-order valence-electron chi connectivity index (χ1n) is 5.49. The van der Waals surface area contributed by atoms with Crippen LogP contribution in [-0.2, 0) is 5.60 Å². The van der Waals surface area contributed by atoms with Crippen LogP contribution in [0.4, 0.5) is 0 Å². The van der Waals surface area contributed by atoms with E-state index >= 15 is 0 Å². The molecule has 0 radical (unpaired) electrons. The highest BCUT2D eigenvalue weighted by Gasteiger charge is 2.32. The maximum atomic E-state index is 10.5. The van der Waals surface area contributed by atoms with Gasteiger partial charge in [0.15, 0.2) is 0 Å². The van der Waals surface area contributed by atoms with Crippen LogP contribution >= 0.6 is 0 Å². The molecule has 2 N–H and O–H groups in total. The van der Waals surface area contributed by atoms with Crippen LogP contribution in [0.25, 0.3) is 0 Å². The number of pyridine rings is 1. The fraction of sp³-hybridized carbons (Fsp3) is 0.583. The molecule has 2 rings (SSSR count). The average Bonchev–Trinajstić information content (AvgIpc) is 2.17. The Bertz CT molecular complexity index is 342. The van der Waals surface area contributed by atoms with E-state index in [9.17, 15) is 5.11 Å². The molecule has 0 saturated carbocycles. The highest BCUT2D eigenvalue weighted by atomic mass is 16.3. The molecule has 1 aromatic heterocycles. The van der Waals surface area contributed by atoms with Gasteiger partial charge in [-0.1, -0.05) is 0 Å². The first-order chi connectivity index (χ1) is 7.10. The molecule has 1 aliphatic rings. The molecule has 84 valence electrons. The Morgan fingerprint density at radius 3 is 2.60 bits per heavy atom. The summed E-state index contributed by atoms with van der Waals surface area (Å²) in [5.41, 5.74) is 2.27. The quantitative estimate of drug-likeness (QED) is 0.735. The number of aliphatic hydroxyl groups is 1. The maximum Gasteiger partial charge on any atom is 0.109 e. The minimum Gasteiger partial charge on any atom is -0.383 e. The third-order valence-corrected chi connectivity index (χ3v) is 3.01. The molecule has 1 saturated heterocycles. The number of piperidine rings is 1. The van der Waals surface area contributed by atoms with Crippen molar-refractivity contribution in [3.63, 3.8) is 0 Å². The summed E-state index contributed by atoms with van der Waals surface area (Å²) in [5, 5.41) is 13.7. The van der Waals surface area contributed by atoms with E-state index in [1.807, 2.05) is 26.0 Å². The molecule has 1 aliphatic heterocycles. The monoisotopic (exact) mass is 208 g/mol. The molecule has 3 nitrogen and oxygen atoms in total. The summed E-state index contributed by atoms with van der Waals surface area (Å²) in [5.74, 6) is 0. The topological polar surface area (TPSA) is 45.2 Å². The summed E-state index contributed by atoms with van der Waals surface area (Å²) in [7, 11) is 0. The second-order valence-electron chi connectivity index (χ2n) is 4.45. The van der Waals surface area contributed by atoms with E-state index in [1.54, 1.807) is 0 Å². The zero-order valence-electron chi connectivity index (χ0n) is 9.38. The minimum atomic E-state index is -0.720. The van der Waals surface area contributed by atoms with Crippen molar-refractivity contribution in [2.24, 2.45) is 0 Å². The number of hydrogen-bond acceptors (Lipinski definition) is 3. The van der Waals surface area contributed by atoms with Crippen LogP contribution in [0.2, 0.25) is 0 Å². The number of nitrogens with zero attached hydrogens (tertiary/aromatic N) is 1. The Hall–Kier alpha value is -0.930. The van der Waals surface area contributed by atoms with Gasteiger partial charge in [-0.05, 0) is 57.5 Å². The first-order valence-corrected chi connectivity index (χ1v) is 5.49. The largest absolute Gasteiger partial charge is 0.383 e. The van der Waals surface area contributed by atoms with Gasteiger partial charge in [0.25, 0.3) is 0 Å². The SMILES string of the molecule is Cc1cc(C)nc(C2(O)CCNCC2)c1.[HH]. The lowest BCUT2D eigenvalue weighted by Gasteiger charge is -2.32. The predicted molar refractivity (Wildman–Crippen MR) is 61.8 cm³/mol. The summed E-state index contributed by atoms with van der Waals surface area (Å²) >= 11 is 0. The second kappa shape index (κ2) is 3.91. The molecule has 2 heterocycles. The van der Waals surface area contributed by atoms with Gasteiger partial charge >= 0.3 is 0 Å². The van der Waals surface area contributed by atoms with Gasteiger partial charge in [-0.3, -0.25) is 4.98 Å². The predicted octanol–water partition coefficient (Wildman–Crippen LogP) is 1.52. The summed E-state index contributed by atoms with van der Waals surface area (Å²) < 4.78 is 0. The Morgan fingerprint density at radius 1 is 1.33 bits per heavy atom. The normalized spacial score (nSPS) is 20.2. The number of aromatic nitrogens is 1. The van der Waals surface area contributed by atoms with Crippen LogP contribution in [0.5, 0.6) is 0 Å². The van der Waals surface area contributed by atoms with Crippen molar-refractivity contribution in [3.05, 3.63) is 29.1 Å². The van der Waals surface area contributed by atoms with E-state index in [0.717, 1.165) is 37.3 Å². The molecule has 0 bridgehead atoms. The molecule has 0 aromatic carbocycles. The molecular formula is C12H20N2O. The first kappa shape index (κ1) is 10.6. The molecule has 0 unspecified atom stereocenters. The summed E-state index contributed by atoms with van der Waals surface area (Å²) in [6.07, 6.45) is 1.51. The Balaban J connectivity index is 0.00000128. The van der Waals surface area contributed by atoms with Gasteiger partial charge in [-0.2, -0.15) is 0 Å². The summed E-state index contributed by atoms with van der Waals surface area (Å²) in [4.78, 5) is 4.45. The average molecular weight is 208 g/mol. The van der Waals surface area contributed by atoms with Gasteiger partial charge in [0.1, 0.15) is 5.60 Å². The van der Waals surface area contributed by atoms with Gasteiger partial charge in [0.2, 0.25) is 0 Å². The van der Waals surface area contributed by atoms with Crippen molar-refractivity contribution in [1.29, 1.82) is 0 Å². The molecule has 1 aromatic rings. The number of aryl methyl sites for hydroxylation is 2. The molecule has 0 amide bonds.